The number of nitrogens with zero attached hydrogens (tertiary/aromatic N) is 1. The summed E-state index contributed by atoms with van der Waals surface area (Å²) in [6, 6.07) is 0. The number of Topliss-reactive ketones (excluding diaryl/α,β-unsaturated/α-hetero) is 1. The molecule has 0 saturated carbocycles. The van der Waals surface area contributed by atoms with E-state index in [1.54, 1.807) is 0 Å². The molecule has 0 amide bonds. The van der Waals surface area contributed by atoms with Crippen LogP contribution in [0.25, 0.3) is 0 Å². The first-order valence-electron chi connectivity index (χ1n) is 4.81. The molecule has 0 rings (SSSR count). The Kier molecular flexibility index (Phi) is 7.22. The van der Waals surface area contributed by atoms with Crippen molar-refractivity contribution in [1.29, 1.82) is 0 Å². The zero-order valence-electron chi connectivity index (χ0n) is 8.93. The van der Waals surface area contributed by atoms with Gasteiger partial charge < -0.3 is 0 Å². The minimum absolute atomic E-state index is 0.104. The standard InChI is InChI=1S/C9H16F3NOSe/c1-3-13(4-2)7-15-6-5-8(14)9(10,11)12/h3-7H2,1-2H3. The van der Waals surface area contributed by atoms with Gasteiger partial charge in [0.2, 0.25) is 0 Å². The third kappa shape index (κ3) is 6.92. The SMILES string of the molecule is CCN(CC)C[Se]CCC(=O)C(F)(F)F. The fourth-order valence-corrected chi connectivity index (χ4v) is 3.18. The summed E-state index contributed by atoms with van der Waals surface area (Å²) in [5.41, 5.74) is 0.825. The molecule has 0 unspecified atom stereocenters. The summed E-state index contributed by atoms with van der Waals surface area (Å²) in [6.45, 7) is 5.85. The topological polar surface area (TPSA) is 20.3 Å². The van der Waals surface area contributed by atoms with Gasteiger partial charge in [-0.15, -0.1) is 0 Å². The number of hydrogen-bond acceptors (Lipinski definition) is 2. The quantitative estimate of drug-likeness (QED) is 0.527. The van der Waals surface area contributed by atoms with Gasteiger partial charge in [0.1, 0.15) is 0 Å². The van der Waals surface area contributed by atoms with E-state index in [1.165, 1.54) is 0 Å². The average molecular weight is 290 g/mol. The van der Waals surface area contributed by atoms with E-state index < -0.39 is 12.0 Å². The molecule has 0 fully saturated rings. The molecule has 0 aliphatic rings. The predicted octanol–water partition coefficient (Wildman–Crippen LogP) is 1.93. The van der Waals surface area contributed by atoms with Crippen molar-refractivity contribution in [2.45, 2.75) is 31.8 Å². The molecule has 0 aliphatic heterocycles. The van der Waals surface area contributed by atoms with E-state index in [0.29, 0.717) is 5.32 Å². The van der Waals surface area contributed by atoms with Gasteiger partial charge in [-0.05, 0) is 0 Å². The Bertz CT molecular complexity index is 192. The van der Waals surface area contributed by atoms with Crippen molar-refractivity contribution in [3.63, 3.8) is 0 Å². The van der Waals surface area contributed by atoms with Crippen LogP contribution in [0.1, 0.15) is 20.3 Å². The van der Waals surface area contributed by atoms with Gasteiger partial charge in [-0.3, -0.25) is 0 Å². The van der Waals surface area contributed by atoms with Gasteiger partial charge in [0, 0.05) is 0 Å². The Labute approximate surface area is 94.4 Å². The van der Waals surface area contributed by atoms with E-state index in [4.69, 9.17) is 0 Å². The molecular formula is C9H16F3NOSe. The van der Waals surface area contributed by atoms with Crippen LogP contribution in [-0.4, -0.2) is 50.3 Å². The van der Waals surface area contributed by atoms with Crippen LogP contribution in [0.15, 0.2) is 0 Å². The third-order valence-corrected chi connectivity index (χ3v) is 4.14. The van der Waals surface area contributed by atoms with Crippen molar-refractivity contribution in [1.82, 2.24) is 4.90 Å². The van der Waals surface area contributed by atoms with E-state index in [0.717, 1.165) is 18.5 Å². The van der Waals surface area contributed by atoms with Crippen LogP contribution < -0.4 is 0 Å². The van der Waals surface area contributed by atoms with Crippen LogP contribution in [0.2, 0.25) is 5.32 Å². The summed E-state index contributed by atoms with van der Waals surface area (Å²) >= 11 is 0.104. The third-order valence-electron chi connectivity index (χ3n) is 1.96. The van der Waals surface area contributed by atoms with Crippen molar-refractivity contribution in [2.24, 2.45) is 0 Å². The average Bonchev–Trinajstić information content (AvgIpc) is 2.16. The van der Waals surface area contributed by atoms with Crippen molar-refractivity contribution in [2.75, 3.05) is 18.5 Å². The van der Waals surface area contributed by atoms with Gasteiger partial charge in [-0.1, -0.05) is 0 Å². The number of carbonyl (C=O) groups is 1. The van der Waals surface area contributed by atoms with E-state index in [2.05, 4.69) is 4.90 Å². The van der Waals surface area contributed by atoms with E-state index >= 15 is 0 Å². The Morgan fingerprint density at radius 3 is 2.20 bits per heavy atom. The van der Waals surface area contributed by atoms with Crippen molar-refractivity contribution in [3.05, 3.63) is 0 Å². The van der Waals surface area contributed by atoms with Gasteiger partial charge in [-0.25, -0.2) is 0 Å². The van der Waals surface area contributed by atoms with Gasteiger partial charge in [0.15, 0.2) is 0 Å². The first-order chi connectivity index (χ1) is 6.91. The van der Waals surface area contributed by atoms with E-state index in [-0.39, 0.29) is 21.4 Å². The molecule has 0 aliphatic carbocycles. The van der Waals surface area contributed by atoms with Crippen molar-refractivity contribution < 1.29 is 18.0 Å². The van der Waals surface area contributed by atoms with Crippen LogP contribution in [0.4, 0.5) is 13.2 Å². The van der Waals surface area contributed by atoms with Crippen LogP contribution >= 0.6 is 0 Å². The molecule has 90 valence electrons. The summed E-state index contributed by atoms with van der Waals surface area (Å²) < 4.78 is 35.4. The fraction of sp³-hybridized carbons (Fsp3) is 0.889. The molecule has 0 bridgehead atoms. The zero-order valence-corrected chi connectivity index (χ0v) is 10.6. The van der Waals surface area contributed by atoms with Crippen LogP contribution in [-0.2, 0) is 4.79 Å². The zero-order chi connectivity index (χ0) is 11.9. The first-order valence-corrected chi connectivity index (χ1v) is 7.24. The molecule has 0 atom stereocenters. The molecule has 6 heteroatoms. The number of carbonyl (C=O) groups excluding carboxylic acids is 1. The minimum atomic E-state index is -4.65. The first kappa shape index (κ1) is 14.9. The normalized spacial score (nSPS) is 12.1. The molecule has 0 heterocycles. The summed E-state index contributed by atoms with van der Waals surface area (Å²) in [7, 11) is 0. The number of rotatable bonds is 7. The van der Waals surface area contributed by atoms with Crippen LogP contribution in [0.5, 0.6) is 0 Å². The summed E-state index contributed by atoms with van der Waals surface area (Å²) in [4.78, 5) is 12.7. The fourth-order valence-electron chi connectivity index (χ4n) is 0.906. The molecule has 0 spiro atoms. The maximum atomic E-state index is 11.8. The van der Waals surface area contributed by atoms with Gasteiger partial charge in [0.25, 0.3) is 0 Å². The van der Waals surface area contributed by atoms with E-state index in [1.807, 2.05) is 13.8 Å². The van der Waals surface area contributed by atoms with Gasteiger partial charge in [-0.2, -0.15) is 0 Å². The van der Waals surface area contributed by atoms with Crippen molar-refractivity contribution >= 4 is 20.7 Å². The Hall–Kier alpha value is -0.0605. The summed E-state index contributed by atoms with van der Waals surface area (Å²) in [5.74, 6) is -1.59. The Morgan fingerprint density at radius 2 is 1.80 bits per heavy atom. The van der Waals surface area contributed by atoms with E-state index in [9.17, 15) is 18.0 Å². The molecule has 0 aromatic rings. The van der Waals surface area contributed by atoms with Crippen LogP contribution in [0.3, 0.4) is 0 Å². The number of halogens is 3. The number of alkyl halides is 3. The van der Waals surface area contributed by atoms with Gasteiger partial charge in [0.05, 0.1) is 0 Å². The summed E-state index contributed by atoms with van der Waals surface area (Å²) in [6.07, 6.45) is -5.00. The second-order valence-electron chi connectivity index (χ2n) is 3.01. The molecular weight excluding hydrogens is 274 g/mol. The molecule has 0 aromatic carbocycles. The van der Waals surface area contributed by atoms with Gasteiger partial charge >= 0.3 is 93.9 Å². The molecule has 2 nitrogen and oxygen atoms in total. The molecule has 0 N–H and O–H groups in total. The second-order valence-corrected chi connectivity index (χ2v) is 5.27. The number of hydrogen-bond donors (Lipinski definition) is 0. The summed E-state index contributed by atoms with van der Waals surface area (Å²) in [5, 5.41) is 0.377. The molecule has 0 saturated heterocycles. The molecule has 0 radical (unpaired) electrons. The van der Waals surface area contributed by atoms with Crippen molar-refractivity contribution in [3.8, 4) is 0 Å². The maximum absolute atomic E-state index is 11.8. The molecule has 15 heavy (non-hydrogen) atoms. The predicted molar refractivity (Wildman–Crippen MR) is 54.0 cm³/mol. The monoisotopic (exact) mass is 291 g/mol. The Balaban J connectivity index is 3.59. The van der Waals surface area contributed by atoms with Crippen LogP contribution in [0, 0.1) is 0 Å². The molecule has 0 aromatic heterocycles. The number of ketones is 1. The second kappa shape index (κ2) is 7.25. The Morgan fingerprint density at radius 1 is 1.27 bits per heavy atom.